The maximum atomic E-state index is 2.44. The van der Waals surface area contributed by atoms with E-state index in [2.05, 4.69) is 60.9 Å². The van der Waals surface area contributed by atoms with Gasteiger partial charge in [-0.1, -0.05) is 6.92 Å². The highest BCUT2D eigenvalue weighted by Crippen LogP contribution is 2.55. The molecule has 0 bridgehead atoms. The average Bonchev–Trinajstić information content (AvgIpc) is 2.59. The summed E-state index contributed by atoms with van der Waals surface area (Å²) in [5, 5.41) is 3.07. The largest absolute Gasteiger partial charge is 0.150 e. The van der Waals surface area contributed by atoms with Gasteiger partial charge in [0.1, 0.15) is 0 Å². The number of rotatable bonds is 1. The van der Waals surface area contributed by atoms with Crippen molar-refractivity contribution in [1.82, 2.24) is 0 Å². The van der Waals surface area contributed by atoms with E-state index in [1.807, 2.05) is 0 Å². The van der Waals surface area contributed by atoms with E-state index in [0.29, 0.717) is 4.08 Å². The van der Waals surface area contributed by atoms with Crippen molar-refractivity contribution in [2.75, 3.05) is 16.6 Å². The number of hydrogen-bond acceptors (Lipinski definition) is 4. The fraction of sp³-hybridized carbons (Fsp3) is 1.00. The molecule has 2 saturated heterocycles. The maximum absolute atomic E-state index is 2.44. The zero-order chi connectivity index (χ0) is 8.60. The first-order valence-electron chi connectivity index (χ1n) is 4.22. The minimum Gasteiger partial charge on any atom is -0.150 e. The molecule has 0 aromatic heterocycles. The van der Waals surface area contributed by atoms with Crippen LogP contribution in [0.1, 0.15) is 13.8 Å². The van der Waals surface area contributed by atoms with Crippen LogP contribution in [-0.2, 0) is 0 Å². The Bertz CT molecular complexity index is 166. The molecule has 0 saturated carbocycles. The Labute approximate surface area is 91.8 Å². The summed E-state index contributed by atoms with van der Waals surface area (Å²) in [6, 6.07) is 0. The SMILES string of the molecule is CC1CSC(C)(C2CSCS2)S1. The monoisotopic (exact) mass is 238 g/mol. The van der Waals surface area contributed by atoms with Crippen LogP contribution in [0.2, 0.25) is 0 Å². The van der Waals surface area contributed by atoms with Crippen LogP contribution in [0.3, 0.4) is 0 Å². The van der Waals surface area contributed by atoms with Crippen molar-refractivity contribution in [1.29, 1.82) is 0 Å². The van der Waals surface area contributed by atoms with E-state index in [1.165, 1.54) is 16.6 Å². The Hall–Kier alpha value is 1.40. The maximum Gasteiger partial charge on any atom is 0.0712 e. The van der Waals surface area contributed by atoms with Crippen LogP contribution in [0.5, 0.6) is 0 Å². The first-order chi connectivity index (χ1) is 5.71. The quantitative estimate of drug-likeness (QED) is 0.686. The van der Waals surface area contributed by atoms with Gasteiger partial charge in [-0.3, -0.25) is 0 Å². The molecule has 2 rings (SSSR count). The van der Waals surface area contributed by atoms with Crippen LogP contribution in [0.4, 0.5) is 0 Å². The van der Waals surface area contributed by atoms with Gasteiger partial charge in [-0.2, -0.15) is 0 Å². The van der Waals surface area contributed by atoms with Crippen molar-refractivity contribution in [3.63, 3.8) is 0 Å². The van der Waals surface area contributed by atoms with Gasteiger partial charge < -0.3 is 0 Å². The van der Waals surface area contributed by atoms with Crippen molar-refractivity contribution >= 4 is 47.0 Å². The number of thioether (sulfide) groups is 4. The van der Waals surface area contributed by atoms with Gasteiger partial charge in [0.05, 0.1) is 4.08 Å². The summed E-state index contributed by atoms with van der Waals surface area (Å²) in [4.78, 5) is 0. The van der Waals surface area contributed by atoms with Crippen molar-refractivity contribution in [2.45, 2.75) is 28.4 Å². The fourth-order valence-electron chi connectivity index (χ4n) is 1.56. The van der Waals surface area contributed by atoms with Crippen LogP contribution < -0.4 is 0 Å². The summed E-state index contributed by atoms with van der Waals surface area (Å²) in [6.45, 7) is 4.80. The van der Waals surface area contributed by atoms with Gasteiger partial charge in [0.2, 0.25) is 0 Å². The molecule has 0 N–H and O–H groups in total. The predicted molar refractivity (Wildman–Crippen MR) is 66.6 cm³/mol. The second-order valence-corrected chi connectivity index (χ2v) is 9.60. The molecule has 0 aromatic rings. The summed E-state index contributed by atoms with van der Waals surface area (Å²) in [5.74, 6) is 2.72. The smallest absolute Gasteiger partial charge is 0.0712 e. The first kappa shape index (κ1) is 9.94. The standard InChI is InChI=1S/C8H14S4/c1-6-3-11-8(2,12-6)7-4-9-5-10-7/h6-7H,3-5H2,1-2H3. The fourth-order valence-corrected chi connectivity index (χ4v) is 8.81. The average molecular weight is 238 g/mol. The van der Waals surface area contributed by atoms with E-state index in [4.69, 9.17) is 0 Å². The molecule has 70 valence electrons. The Morgan fingerprint density at radius 1 is 1.33 bits per heavy atom. The topological polar surface area (TPSA) is 0 Å². The summed E-state index contributed by atoms with van der Waals surface area (Å²) < 4.78 is 0.521. The van der Waals surface area contributed by atoms with E-state index in [0.717, 1.165) is 10.5 Å². The molecule has 2 fully saturated rings. The zero-order valence-corrected chi connectivity index (χ0v) is 10.7. The van der Waals surface area contributed by atoms with Crippen LogP contribution in [0, 0.1) is 0 Å². The van der Waals surface area contributed by atoms with Gasteiger partial charge in [-0.05, 0) is 6.92 Å². The highest BCUT2D eigenvalue weighted by Gasteiger charge is 2.43. The second-order valence-electron chi connectivity index (χ2n) is 3.40. The number of hydrogen-bond donors (Lipinski definition) is 0. The molecule has 0 aromatic carbocycles. The van der Waals surface area contributed by atoms with Gasteiger partial charge in [-0.25, -0.2) is 0 Å². The van der Waals surface area contributed by atoms with Crippen LogP contribution in [0.15, 0.2) is 0 Å². The lowest BCUT2D eigenvalue weighted by molar-refractivity contribution is 0.890. The Balaban J connectivity index is 2.00. The van der Waals surface area contributed by atoms with Gasteiger partial charge in [0.25, 0.3) is 0 Å². The van der Waals surface area contributed by atoms with E-state index in [-0.39, 0.29) is 0 Å². The minimum absolute atomic E-state index is 0.521. The van der Waals surface area contributed by atoms with Crippen LogP contribution in [0.25, 0.3) is 0 Å². The second kappa shape index (κ2) is 3.87. The predicted octanol–water partition coefficient (Wildman–Crippen LogP) is 3.38. The van der Waals surface area contributed by atoms with Gasteiger partial charge in [0.15, 0.2) is 0 Å². The molecule has 3 unspecified atom stereocenters. The van der Waals surface area contributed by atoms with E-state index < -0.39 is 0 Å². The molecule has 0 aliphatic carbocycles. The Morgan fingerprint density at radius 3 is 2.67 bits per heavy atom. The molecule has 0 radical (unpaired) electrons. The summed E-state index contributed by atoms with van der Waals surface area (Å²) in [7, 11) is 0. The lowest BCUT2D eigenvalue weighted by atomic mass is 10.3. The summed E-state index contributed by atoms with van der Waals surface area (Å²) >= 11 is 8.64. The molecular formula is C8H14S4. The molecular weight excluding hydrogens is 224 g/mol. The first-order valence-corrected chi connectivity index (χ1v) is 8.29. The highest BCUT2D eigenvalue weighted by molar-refractivity contribution is 8.25. The van der Waals surface area contributed by atoms with Gasteiger partial charge in [-0.15, -0.1) is 47.0 Å². The van der Waals surface area contributed by atoms with Gasteiger partial charge >= 0.3 is 0 Å². The molecule has 12 heavy (non-hydrogen) atoms. The molecule has 4 heteroatoms. The normalized spacial score (nSPS) is 48.5. The third kappa shape index (κ3) is 1.91. The van der Waals surface area contributed by atoms with Crippen LogP contribution >= 0.6 is 47.0 Å². The molecule has 0 amide bonds. The van der Waals surface area contributed by atoms with Crippen molar-refractivity contribution in [3.05, 3.63) is 0 Å². The molecule has 2 heterocycles. The van der Waals surface area contributed by atoms with E-state index in [1.54, 1.807) is 0 Å². The Kier molecular flexibility index (Phi) is 3.21. The molecule has 3 atom stereocenters. The zero-order valence-electron chi connectivity index (χ0n) is 7.41. The Morgan fingerprint density at radius 2 is 2.17 bits per heavy atom. The summed E-state index contributed by atoms with van der Waals surface area (Å²) in [5.41, 5.74) is 0. The van der Waals surface area contributed by atoms with Crippen molar-refractivity contribution in [2.24, 2.45) is 0 Å². The minimum atomic E-state index is 0.521. The lowest BCUT2D eigenvalue weighted by Gasteiger charge is -2.28. The van der Waals surface area contributed by atoms with E-state index in [9.17, 15) is 0 Å². The third-order valence-electron chi connectivity index (χ3n) is 2.25. The van der Waals surface area contributed by atoms with Crippen LogP contribution in [-0.4, -0.2) is 31.2 Å². The molecule has 0 spiro atoms. The van der Waals surface area contributed by atoms with Crippen molar-refractivity contribution in [3.8, 4) is 0 Å². The molecule has 2 aliphatic heterocycles. The highest BCUT2D eigenvalue weighted by atomic mass is 32.2. The lowest BCUT2D eigenvalue weighted by Crippen LogP contribution is -2.28. The van der Waals surface area contributed by atoms with Crippen molar-refractivity contribution < 1.29 is 0 Å². The van der Waals surface area contributed by atoms with Gasteiger partial charge in [0, 0.05) is 27.1 Å². The molecule has 2 aliphatic rings. The van der Waals surface area contributed by atoms with E-state index >= 15 is 0 Å². The molecule has 0 nitrogen and oxygen atoms in total. The summed E-state index contributed by atoms with van der Waals surface area (Å²) in [6.07, 6.45) is 0. The third-order valence-corrected chi connectivity index (χ3v) is 9.28.